The van der Waals surface area contributed by atoms with Gasteiger partial charge in [-0.3, -0.25) is 0 Å². The Bertz CT molecular complexity index is 347. The molecule has 0 unspecified atom stereocenters. The molecule has 14 heavy (non-hydrogen) atoms. The highest BCUT2D eigenvalue weighted by Crippen LogP contribution is 2.27. The lowest BCUT2D eigenvalue weighted by Crippen LogP contribution is -2.22. The van der Waals surface area contributed by atoms with E-state index in [9.17, 15) is 0 Å². The van der Waals surface area contributed by atoms with E-state index in [-0.39, 0.29) is 0 Å². The highest BCUT2D eigenvalue weighted by atomic mass is 16.5. The predicted molar refractivity (Wildman–Crippen MR) is 59.2 cm³/mol. The van der Waals surface area contributed by atoms with E-state index in [0.717, 1.165) is 17.2 Å². The molecule has 2 heteroatoms. The molecule has 0 aliphatic carbocycles. The van der Waals surface area contributed by atoms with Crippen molar-refractivity contribution in [1.29, 1.82) is 0 Å². The van der Waals surface area contributed by atoms with Crippen LogP contribution >= 0.6 is 0 Å². The zero-order valence-corrected chi connectivity index (χ0v) is 8.71. The Kier molecular flexibility index (Phi) is 2.97. The molecule has 1 aliphatic rings. The monoisotopic (exact) mass is 189 g/mol. The van der Waals surface area contributed by atoms with Crippen molar-refractivity contribution in [3.8, 4) is 0 Å². The highest BCUT2D eigenvalue weighted by molar-refractivity contribution is 5.36. The van der Waals surface area contributed by atoms with Crippen LogP contribution in [0.5, 0.6) is 0 Å². The summed E-state index contributed by atoms with van der Waals surface area (Å²) in [6.45, 7) is 13.1. The van der Waals surface area contributed by atoms with Gasteiger partial charge in [0.1, 0.15) is 5.76 Å². The topological polar surface area (TPSA) is 12.5 Å². The molecule has 1 aliphatic heterocycles. The summed E-state index contributed by atoms with van der Waals surface area (Å²) in [5.41, 5.74) is 1.93. The molecular weight excluding hydrogens is 174 g/mol. The second-order valence-electron chi connectivity index (χ2n) is 2.97. The third-order valence-corrected chi connectivity index (χ3v) is 2.26. The molecule has 0 aromatic rings. The lowest BCUT2D eigenvalue weighted by atomic mass is 10.2. The van der Waals surface area contributed by atoms with Crippen LogP contribution in [0.2, 0.25) is 0 Å². The first-order chi connectivity index (χ1) is 6.65. The van der Waals surface area contributed by atoms with Crippen LogP contribution in [-0.4, -0.2) is 11.9 Å². The molecule has 0 bridgehead atoms. The van der Waals surface area contributed by atoms with Gasteiger partial charge in [-0.2, -0.15) is 0 Å². The Morgan fingerprint density at radius 1 is 1.07 bits per heavy atom. The van der Waals surface area contributed by atoms with E-state index in [1.165, 1.54) is 0 Å². The van der Waals surface area contributed by atoms with E-state index in [1.807, 2.05) is 18.9 Å². The van der Waals surface area contributed by atoms with E-state index in [4.69, 9.17) is 4.74 Å². The van der Waals surface area contributed by atoms with Gasteiger partial charge in [-0.1, -0.05) is 19.7 Å². The Labute approximate surface area is 85.2 Å². The van der Waals surface area contributed by atoms with Crippen molar-refractivity contribution in [3.05, 3.63) is 60.9 Å². The van der Waals surface area contributed by atoms with E-state index in [0.29, 0.717) is 5.76 Å². The van der Waals surface area contributed by atoms with Crippen LogP contribution in [0.25, 0.3) is 0 Å². The summed E-state index contributed by atoms with van der Waals surface area (Å²) in [7, 11) is 1.96. The molecule has 2 nitrogen and oxygen atoms in total. The summed E-state index contributed by atoms with van der Waals surface area (Å²) in [5.74, 6) is 1.47. The zero-order valence-electron chi connectivity index (χ0n) is 8.71. The quantitative estimate of drug-likeness (QED) is 0.676. The van der Waals surface area contributed by atoms with Crippen molar-refractivity contribution in [2.24, 2.45) is 0 Å². The maximum Gasteiger partial charge on any atom is 0.150 e. The number of hydrogen-bond donors (Lipinski definition) is 0. The lowest BCUT2D eigenvalue weighted by molar-refractivity contribution is 0.276. The van der Waals surface area contributed by atoms with Crippen molar-refractivity contribution in [2.45, 2.75) is 6.92 Å². The van der Waals surface area contributed by atoms with Gasteiger partial charge in [0.2, 0.25) is 0 Å². The second kappa shape index (κ2) is 4.01. The maximum absolute atomic E-state index is 5.58. The number of rotatable bonds is 3. The average molecular weight is 189 g/mol. The standard InChI is InChI=1S/C12H15NO/c1-6-10-12(8-3)14-11(7-2)9(4)13(10)5/h6-8H,1-3H2,4-5H3. The van der Waals surface area contributed by atoms with Gasteiger partial charge < -0.3 is 9.64 Å². The van der Waals surface area contributed by atoms with Crippen LogP contribution < -0.4 is 0 Å². The van der Waals surface area contributed by atoms with E-state index in [2.05, 4.69) is 19.7 Å². The Morgan fingerprint density at radius 2 is 1.64 bits per heavy atom. The summed E-state index contributed by atoms with van der Waals surface area (Å²) in [6, 6.07) is 0. The SMILES string of the molecule is C=CC1=C(C)N(C)C(C=C)=C(C=C)O1. The lowest BCUT2D eigenvalue weighted by Gasteiger charge is -2.29. The zero-order chi connectivity index (χ0) is 10.7. The molecule has 0 amide bonds. The summed E-state index contributed by atoms with van der Waals surface area (Å²) in [6.07, 6.45) is 5.11. The summed E-state index contributed by atoms with van der Waals surface area (Å²) >= 11 is 0. The molecule has 0 saturated heterocycles. The Balaban J connectivity index is 3.19. The van der Waals surface area contributed by atoms with Crippen LogP contribution in [0.1, 0.15) is 6.92 Å². The fraction of sp³-hybridized carbons (Fsp3) is 0.167. The predicted octanol–water partition coefficient (Wildman–Crippen LogP) is 2.95. The minimum atomic E-state index is 0.711. The van der Waals surface area contributed by atoms with E-state index >= 15 is 0 Å². The molecule has 0 atom stereocenters. The molecule has 0 radical (unpaired) electrons. The minimum Gasteiger partial charge on any atom is -0.453 e. The molecule has 0 saturated carbocycles. The molecule has 74 valence electrons. The van der Waals surface area contributed by atoms with Gasteiger partial charge >= 0.3 is 0 Å². The van der Waals surface area contributed by atoms with Crippen LogP contribution in [0, 0.1) is 0 Å². The summed E-state index contributed by atoms with van der Waals surface area (Å²) in [5, 5.41) is 0. The fourth-order valence-corrected chi connectivity index (χ4v) is 1.33. The van der Waals surface area contributed by atoms with Gasteiger partial charge in [0, 0.05) is 7.05 Å². The number of hydrogen-bond acceptors (Lipinski definition) is 2. The van der Waals surface area contributed by atoms with Crippen molar-refractivity contribution in [2.75, 3.05) is 7.05 Å². The Morgan fingerprint density at radius 3 is 2.07 bits per heavy atom. The van der Waals surface area contributed by atoms with Gasteiger partial charge in [-0.05, 0) is 25.2 Å². The van der Waals surface area contributed by atoms with Gasteiger partial charge in [0.05, 0.1) is 11.4 Å². The normalized spacial score (nSPS) is 16.6. The summed E-state index contributed by atoms with van der Waals surface area (Å²) < 4.78 is 5.58. The molecule has 1 rings (SSSR count). The largest absolute Gasteiger partial charge is 0.453 e. The average Bonchev–Trinajstić information content (AvgIpc) is 2.21. The van der Waals surface area contributed by atoms with Crippen molar-refractivity contribution in [3.63, 3.8) is 0 Å². The molecule has 0 N–H and O–H groups in total. The first-order valence-corrected chi connectivity index (χ1v) is 4.39. The first kappa shape index (κ1) is 10.4. The van der Waals surface area contributed by atoms with Crippen molar-refractivity contribution in [1.82, 2.24) is 4.90 Å². The third-order valence-electron chi connectivity index (χ3n) is 2.26. The second-order valence-corrected chi connectivity index (χ2v) is 2.97. The molecular formula is C12H15NO. The van der Waals surface area contributed by atoms with Gasteiger partial charge in [0.25, 0.3) is 0 Å². The van der Waals surface area contributed by atoms with E-state index < -0.39 is 0 Å². The fourth-order valence-electron chi connectivity index (χ4n) is 1.33. The number of allylic oxidation sites excluding steroid dienone is 4. The van der Waals surface area contributed by atoms with Crippen molar-refractivity contribution < 1.29 is 4.74 Å². The van der Waals surface area contributed by atoms with E-state index in [1.54, 1.807) is 18.2 Å². The number of ether oxygens (including phenoxy) is 1. The molecule has 0 spiro atoms. The molecule has 0 aromatic carbocycles. The molecule has 1 heterocycles. The van der Waals surface area contributed by atoms with Gasteiger partial charge in [-0.15, -0.1) is 0 Å². The van der Waals surface area contributed by atoms with Crippen LogP contribution in [-0.2, 0) is 4.74 Å². The highest BCUT2D eigenvalue weighted by Gasteiger charge is 2.18. The smallest absolute Gasteiger partial charge is 0.150 e. The molecule has 0 fully saturated rings. The minimum absolute atomic E-state index is 0.711. The number of likely N-dealkylation sites (N-methyl/N-ethyl adjacent to an activating group) is 1. The van der Waals surface area contributed by atoms with Crippen molar-refractivity contribution >= 4 is 0 Å². The molecule has 0 aromatic heterocycles. The first-order valence-electron chi connectivity index (χ1n) is 4.39. The Hall–Kier alpha value is -1.70. The van der Waals surface area contributed by atoms with Gasteiger partial charge in [0.15, 0.2) is 5.76 Å². The van der Waals surface area contributed by atoms with Crippen LogP contribution in [0.15, 0.2) is 60.9 Å². The van der Waals surface area contributed by atoms with Gasteiger partial charge in [-0.25, -0.2) is 0 Å². The maximum atomic E-state index is 5.58. The summed E-state index contributed by atoms with van der Waals surface area (Å²) in [4.78, 5) is 2.00. The van der Waals surface area contributed by atoms with Crippen LogP contribution in [0.4, 0.5) is 0 Å². The van der Waals surface area contributed by atoms with Crippen LogP contribution in [0.3, 0.4) is 0 Å². The third kappa shape index (κ3) is 1.51. The number of nitrogens with zero attached hydrogens (tertiary/aromatic N) is 1.